The minimum atomic E-state index is -1.42. The molecule has 33 heavy (non-hydrogen) atoms. The van der Waals surface area contributed by atoms with Crippen LogP contribution in [0.3, 0.4) is 0 Å². The summed E-state index contributed by atoms with van der Waals surface area (Å²) >= 11 is 0. The number of Topliss-reactive ketones (excluding diaryl/α,β-unsaturated/α-hetero) is 1. The quantitative estimate of drug-likeness (QED) is 0.509. The summed E-state index contributed by atoms with van der Waals surface area (Å²) in [6.07, 6.45) is 3.89. The molecule has 1 fully saturated rings. The summed E-state index contributed by atoms with van der Waals surface area (Å²) in [5.41, 5.74) is 3.91. The average molecular weight is 430 g/mol. The SMILES string of the molecule is Cc1ccc(C)c(C2C(C(=O)c3ccccc3)N3c4ccccc4C=CC3C2(C#N)C#N)c1. The van der Waals surface area contributed by atoms with Gasteiger partial charge in [-0.2, -0.15) is 10.5 Å². The number of nitrogens with zero attached hydrogens (tertiary/aromatic N) is 3. The molecule has 2 heterocycles. The molecule has 0 N–H and O–H groups in total. The van der Waals surface area contributed by atoms with E-state index in [1.54, 1.807) is 0 Å². The van der Waals surface area contributed by atoms with Gasteiger partial charge in [0.25, 0.3) is 0 Å². The van der Waals surface area contributed by atoms with Crippen LogP contribution >= 0.6 is 0 Å². The molecular formula is C29H23N3O. The van der Waals surface area contributed by atoms with Crippen molar-refractivity contribution in [1.29, 1.82) is 10.5 Å². The number of nitriles is 2. The second-order valence-corrected chi connectivity index (χ2v) is 8.88. The van der Waals surface area contributed by atoms with Crippen LogP contribution in [0.4, 0.5) is 5.69 Å². The maximum absolute atomic E-state index is 14.1. The molecule has 2 aliphatic rings. The lowest BCUT2D eigenvalue weighted by atomic mass is 9.68. The molecule has 5 rings (SSSR count). The Labute approximate surface area is 194 Å². The summed E-state index contributed by atoms with van der Waals surface area (Å²) in [6.45, 7) is 3.98. The van der Waals surface area contributed by atoms with E-state index >= 15 is 0 Å². The summed E-state index contributed by atoms with van der Waals surface area (Å²) in [5.74, 6) is -0.690. The number of hydrogen-bond donors (Lipinski definition) is 0. The third-order valence-electron chi connectivity index (χ3n) is 7.01. The van der Waals surface area contributed by atoms with Crippen molar-refractivity contribution >= 4 is 17.5 Å². The van der Waals surface area contributed by atoms with Crippen molar-refractivity contribution in [1.82, 2.24) is 0 Å². The molecule has 1 saturated heterocycles. The van der Waals surface area contributed by atoms with E-state index in [0.717, 1.165) is 27.9 Å². The van der Waals surface area contributed by atoms with Gasteiger partial charge in [0.2, 0.25) is 0 Å². The summed E-state index contributed by atoms with van der Waals surface area (Å²) in [4.78, 5) is 16.1. The molecule has 4 heteroatoms. The van der Waals surface area contributed by atoms with E-state index in [4.69, 9.17) is 0 Å². The van der Waals surface area contributed by atoms with Gasteiger partial charge in [0.05, 0.1) is 18.2 Å². The first kappa shape index (κ1) is 20.7. The topological polar surface area (TPSA) is 67.9 Å². The van der Waals surface area contributed by atoms with Crippen LogP contribution in [0.1, 0.15) is 38.5 Å². The largest absolute Gasteiger partial charge is 0.351 e. The smallest absolute Gasteiger partial charge is 0.185 e. The molecule has 0 bridgehead atoms. The number of carbonyl (C=O) groups excluding carboxylic acids is 1. The van der Waals surface area contributed by atoms with Crippen LogP contribution in [0.25, 0.3) is 6.08 Å². The Morgan fingerprint density at radius 3 is 2.36 bits per heavy atom. The Balaban J connectivity index is 1.83. The second kappa shape index (κ2) is 7.76. The van der Waals surface area contributed by atoms with Crippen molar-refractivity contribution in [2.45, 2.75) is 31.8 Å². The summed E-state index contributed by atoms with van der Waals surface area (Å²) in [7, 11) is 0. The molecule has 3 unspecified atom stereocenters. The van der Waals surface area contributed by atoms with Crippen LogP contribution < -0.4 is 4.90 Å². The van der Waals surface area contributed by atoms with Gasteiger partial charge in [0.1, 0.15) is 6.04 Å². The van der Waals surface area contributed by atoms with Crippen molar-refractivity contribution in [3.63, 3.8) is 0 Å². The minimum absolute atomic E-state index is 0.0796. The Kier molecular flexibility index (Phi) is 4.88. The molecule has 4 nitrogen and oxygen atoms in total. The van der Waals surface area contributed by atoms with E-state index in [1.165, 1.54) is 0 Å². The van der Waals surface area contributed by atoms with Crippen LogP contribution in [-0.2, 0) is 0 Å². The average Bonchev–Trinajstić information content (AvgIpc) is 3.16. The molecule has 0 aromatic heterocycles. The monoisotopic (exact) mass is 429 g/mol. The van der Waals surface area contributed by atoms with E-state index in [-0.39, 0.29) is 5.78 Å². The van der Waals surface area contributed by atoms with Crippen molar-refractivity contribution in [2.24, 2.45) is 5.41 Å². The molecule has 2 aliphatic heterocycles. The lowest BCUT2D eigenvalue weighted by molar-refractivity contribution is 0.0951. The Hall–Kier alpha value is -4.15. The summed E-state index contributed by atoms with van der Waals surface area (Å²) < 4.78 is 0. The highest BCUT2D eigenvalue weighted by molar-refractivity contribution is 6.04. The highest BCUT2D eigenvalue weighted by Gasteiger charge is 2.63. The summed E-state index contributed by atoms with van der Waals surface area (Å²) in [6, 6.07) is 26.6. The Morgan fingerprint density at radius 1 is 0.939 bits per heavy atom. The zero-order valence-corrected chi connectivity index (χ0v) is 18.6. The Morgan fingerprint density at radius 2 is 1.64 bits per heavy atom. The molecule has 0 aliphatic carbocycles. The molecular weight excluding hydrogens is 406 g/mol. The second-order valence-electron chi connectivity index (χ2n) is 8.88. The zero-order valence-electron chi connectivity index (χ0n) is 18.6. The van der Waals surface area contributed by atoms with Gasteiger partial charge in [-0.1, -0.05) is 84.4 Å². The standard InChI is InChI=1S/C29H23N3O/c1-19-12-13-20(2)23(16-19)26-27(28(33)22-9-4-3-5-10-22)32-24-11-7-6-8-21(24)14-15-25(32)29(26,17-30)18-31/h3-16,25-27H,1-2H3. The summed E-state index contributed by atoms with van der Waals surface area (Å²) in [5, 5.41) is 21.0. The minimum Gasteiger partial charge on any atom is -0.351 e. The number of benzene rings is 3. The Bertz CT molecular complexity index is 1350. The zero-order chi connectivity index (χ0) is 23.2. The fraction of sp³-hybridized carbons (Fsp3) is 0.207. The number of anilines is 1. The van der Waals surface area contributed by atoms with Gasteiger partial charge in [0.15, 0.2) is 11.2 Å². The first-order valence-electron chi connectivity index (χ1n) is 11.1. The van der Waals surface area contributed by atoms with Crippen LogP contribution in [0.2, 0.25) is 0 Å². The number of hydrogen-bond acceptors (Lipinski definition) is 4. The van der Waals surface area contributed by atoms with Crippen LogP contribution in [0.15, 0.2) is 78.9 Å². The maximum Gasteiger partial charge on any atom is 0.185 e. The van der Waals surface area contributed by atoms with Gasteiger partial charge in [0, 0.05) is 17.2 Å². The van der Waals surface area contributed by atoms with Crippen molar-refractivity contribution < 1.29 is 4.79 Å². The predicted molar refractivity (Wildman–Crippen MR) is 129 cm³/mol. The molecule has 0 radical (unpaired) electrons. The van der Waals surface area contributed by atoms with Gasteiger partial charge >= 0.3 is 0 Å². The lowest BCUT2D eigenvalue weighted by Gasteiger charge is -2.35. The normalized spacial score (nSPS) is 22.1. The van der Waals surface area contributed by atoms with Gasteiger partial charge in [-0.05, 0) is 36.6 Å². The van der Waals surface area contributed by atoms with Crippen molar-refractivity contribution in [3.8, 4) is 12.1 Å². The number of rotatable bonds is 3. The van der Waals surface area contributed by atoms with Crippen LogP contribution in [-0.4, -0.2) is 17.9 Å². The van der Waals surface area contributed by atoms with Crippen molar-refractivity contribution in [3.05, 3.63) is 107 Å². The number of ketones is 1. The van der Waals surface area contributed by atoms with Crippen LogP contribution in [0.5, 0.6) is 0 Å². The number of carbonyl (C=O) groups is 1. The molecule has 3 aromatic carbocycles. The highest BCUT2D eigenvalue weighted by atomic mass is 16.1. The van der Waals surface area contributed by atoms with Gasteiger partial charge in [-0.25, -0.2) is 0 Å². The fourth-order valence-corrected chi connectivity index (χ4v) is 5.45. The van der Waals surface area contributed by atoms with Gasteiger partial charge in [-0.3, -0.25) is 4.79 Å². The number of fused-ring (bicyclic) bond motifs is 3. The molecule has 0 amide bonds. The van der Waals surface area contributed by atoms with E-state index < -0.39 is 23.4 Å². The molecule has 3 atom stereocenters. The molecule has 3 aromatic rings. The van der Waals surface area contributed by atoms with Crippen LogP contribution in [0, 0.1) is 41.9 Å². The first-order chi connectivity index (χ1) is 16.0. The predicted octanol–water partition coefficient (Wildman–Crippen LogP) is 5.59. The highest BCUT2D eigenvalue weighted by Crippen LogP contribution is 2.56. The van der Waals surface area contributed by atoms with Gasteiger partial charge < -0.3 is 4.90 Å². The molecule has 0 spiro atoms. The van der Waals surface area contributed by atoms with E-state index in [2.05, 4.69) is 12.1 Å². The maximum atomic E-state index is 14.1. The van der Waals surface area contributed by atoms with E-state index in [0.29, 0.717) is 5.56 Å². The number of aryl methyl sites for hydroxylation is 2. The molecule has 160 valence electrons. The van der Waals surface area contributed by atoms with E-state index in [1.807, 2.05) is 104 Å². The lowest BCUT2D eigenvalue weighted by Crippen LogP contribution is -2.44. The number of para-hydroxylation sites is 1. The molecule has 0 saturated carbocycles. The van der Waals surface area contributed by atoms with Gasteiger partial charge in [-0.15, -0.1) is 0 Å². The fourth-order valence-electron chi connectivity index (χ4n) is 5.45. The third-order valence-corrected chi connectivity index (χ3v) is 7.01. The third kappa shape index (κ3) is 2.99. The first-order valence-corrected chi connectivity index (χ1v) is 11.1. The van der Waals surface area contributed by atoms with Crippen molar-refractivity contribution in [2.75, 3.05) is 4.90 Å². The van der Waals surface area contributed by atoms with E-state index in [9.17, 15) is 15.3 Å².